The predicted octanol–water partition coefficient (Wildman–Crippen LogP) is 2.30. The lowest BCUT2D eigenvalue weighted by molar-refractivity contribution is 0.739. The van der Waals surface area contributed by atoms with E-state index in [1.54, 1.807) is 0 Å². The first-order valence-corrected chi connectivity index (χ1v) is 5.34. The molecule has 0 aliphatic heterocycles. The molecule has 2 rings (SSSR count). The summed E-state index contributed by atoms with van der Waals surface area (Å²) in [6.45, 7) is 4.13. The van der Waals surface area contributed by atoms with Crippen LogP contribution in [0.4, 0.5) is 5.69 Å². The van der Waals surface area contributed by atoms with E-state index in [1.165, 1.54) is 0 Å². The van der Waals surface area contributed by atoms with Crippen LogP contribution in [0.2, 0.25) is 0 Å². The number of rotatable bonds is 3. The summed E-state index contributed by atoms with van der Waals surface area (Å²) in [5.74, 6) is 0. The number of nitrogens with one attached hydrogen (secondary N) is 1. The molecule has 0 aliphatic carbocycles. The molecule has 16 heavy (non-hydrogen) atoms. The first-order chi connectivity index (χ1) is 7.68. The van der Waals surface area contributed by atoms with Gasteiger partial charge in [0, 0.05) is 13.2 Å². The summed E-state index contributed by atoms with van der Waals surface area (Å²) in [4.78, 5) is 4.32. The lowest BCUT2D eigenvalue weighted by Gasteiger charge is -2.13. The van der Waals surface area contributed by atoms with Gasteiger partial charge in [-0.2, -0.15) is 5.10 Å². The molecule has 4 nitrogen and oxygen atoms in total. The Bertz CT molecular complexity index is 461. The topological polar surface area (TPSA) is 42.7 Å². The highest BCUT2D eigenvalue weighted by Crippen LogP contribution is 2.19. The normalized spacial score (nSPS) is 12.4. The molecule has 0 spiro atoms. The van der Waals surface area contributed by atoms with Crippen LogP contribution in [-0.2, 0) is 7.05 Å². The van der Waals surface area contributed by atoms with Gasteiger partial charge in [-0.05, 0) is 26.0 Å². The lowest BCUT2D eigenvalue weighted by atomic mass is 10.2. The fraction of sp³-hybridized carbons (Fsp3) is 0.333. The molecule has 1 unspecified atom stereocenters. The molecule has 2 aromatic rings. The Hall–Kier alpha value is -1.84. The maximum atomic E-state index is 4.32. The van der Waals surface area contributed by atoms with Gasteiger partial charge in [0.1, 0.15) is 0 Å². The highest BCUT2D eigenvalue weighted by Gasteiger charge is 2.09. The summed E-state index contributed by atoms with van der Waals surface area (Å²) in [6.07, 6.45) is 3.65. The highest BCUT2D eigenvalue weighted by atomic mass is 15.3. The maximum Gasteiger partial charge on any atom is 0.0761 e. The van der Waals surface area contributed by atoms with Crippen LogP contribution in [0.3, 0.4) is 0 Å². The Kier molecular flexibility index (Phi) is 2.90. The van der Waals surface area contributed by atoms with Crippen molar-refractivity contribution in [3.05, 3.63) is 42.0 Å². The van der Waals surface area contributed by atoms with Crippen LogP contribution >= 0.6 is 0 Å². The summed E-state index contributed by atoms with van der Waals surface area (Å²) in [6, 6.07) is 6.12. The molecule has 84 valence electrons. The number of aromatic nitrogens is 3. The third kappa shape index (κ3) is 2.05. The van der Waals surface area contributed by atoms with Crippen LogP contribution in [0.15, 0.2) is 30.6 Å². The van der Waals surface area contributed by atoms with Crippen LogP contribution < -0.4 is 5.32 Å². The number of aryl methyl sites for hydroxylation is 1. The molecule has 0 fully saturated rings. The molecule has 2 heterocycles. The van der Waals surface area contributed by atoms with Crippen LogP contribution in [0.25, 0.3) is 0 Å². The number of anilines is 1. The molecule has 2 aromatic heterocycles. The molecule has 0 bridgehead atoms. The SMILES string of the molecule is Cc1c(NC(C)c2ccccn2)cnn1C. The molecule has 0 saturated heterocycles. The third-order valence-electron chi connectivity index (χ3n) is 2.74. The first kappa shape index (κ1) is 10.7. The minimum atomic E-state index is 0.184. The second-order valence-electron chi connectivity index (χ2n) is 3.89. The van der Waals surface area contributed by atoms with E-state index in [1.807, 2.05) is 49.2 Å². The van der Waals surface area contributed by atoms with Crippen LogP contribution in [0, 0.1) is 6.92 Å². The lowest BCUT2D eigenvalue weighted by Crippen LogP contribution is -2.08. The van der Waals surface area contributed by atoms with Gasteiger partial charge in [-0.15, -0.1) is 0 Å². The van der Waals surface area contributed by atoms with Gasteiger partial charge in [0.05, 0.1) is 29.3 Å². The second kappa shape index (κ2) is 4.35. The van der Waals surface area contributed by atoms with Crippen molar-refractivity contribution in [2.24, 2.45) is 7.05 Å². The smallest absolute Gasteiger partial charge is 0.0761 e. The summed E-state index contributed by atoms with van der Waals surface area (Å²) < 4.78 is 1.85. The molecule has 0 aromatic carbocycles. The van der Waals surface area contributed by atoms with Crippen LogP contribution in [-0.4, -0.2) is 14.8 Å². The van der Waals surface area contributed by atoms with Gasteiger partial charge in [-0.25, -0.2) is 0 Å². The highest BCUT2D eigenvalue weighted by molar-refractivity contribution is 5.47. The van der Waals surface area contributed by atoms with Gasteiger partial charge in [0.15, 0.2) is 0 Å². The molecule has 1 N–H and O–H groups in total. The molecular weight excluding hydrogens is 200 g/mol. The van der Waals surface area contributed by atoms with Gasteiger partial charge >= 0.3 is 0 Å². The minimum absolute atomic E-state index is 0.184. The number of nitrogens with zero attached hydrogens (tertiary/aromatic N) is 3. The van der Waals surface area contributed by atoms with Crippen molar-refractivity contribution in [1.29, 1.82) is 0 Å². The van der Waals surface area contributed by atoms with E-state index in [9.17, 15) is 0 Å². The molecule has 0 aliphatic rings. The Morgan fingerprint density at radius 2 is 2.19 bits per heavy atom. The van der Waals surface area contributed by atoms with Crippen molar-refractivity contribution < 1.29 is 0 Å². The summed E-state index contributed by atoms with van der Waals surface area (Å²) in [5, 5.41) is 7.60. The van der Waals surface area contributed by atoms with Crippen LogP contribution in [0.1, 0.15) is 24.4 Å². The Balaban J connectivity index is 2.14. The quantitative estimate of drug-likeness (QED) is 0.856. The summed E-state index contributed by atoms with van der Waals surface area (Å²) in [5.41, 5.74) is 3.22. The van der Waals surface area contributed by atoms with Crippen molar-refractivity contribution in [2.75, 3.05) is 5.32 Å². The average Bonchev–Trinajstić information content (AvgIpc) is 2.62. The van der Waals surface area contributed by atoms with Crippen molar-refractivity contribution >= 4 is 5.69 Å². The van der Waals surface area contributed by atoms with Gasteiger partial charge in [0.25, 0.3) is 0 Å². The van der Waals surface area contributed by atoms with Crippen molar-refractivity contribution in [1.82, 2.24) is 14.8 Å². The standard InChI is InChI=1S/C12H16N4/c1-9(11-6-4-5-7-13-11)15-12-8-14-16(3)10(12)2/h4-9,15H,1-3H3. The van der Waals surface area contributed by atoms with E-state index in [4.69, 9.17) is 0 Å². The third-order valence-corrected chi connectivity index (χ3v) is 2.74. The average molecular weight is 216 g/mol. The molecule has 0 amide bonds. The molecule has 1 atom stereocenters. The van der Waals surface area contributed by atoms with Crippen molar-refractivity contribution in [3.63, 3.8) is 0 Å². The van der Waals surface area contributed by atoms with E-state index in [2.05, 4.69) is 22.3 Å². The van der Waals surface area contributed by atoms with Gasteiger partial charge < -0.3 is 5.32 Å². The monoisotopic (exact) mass is 216 g/mol. The summed E-state index contributed by atoms with van der Waals surface area (Å²) >= 11 is 0. The number of hydrogen-bond donors (Lipinski definition) is 1. The van der Waals surface area contributed by atoms with Crippen molar-refractivity contribution in [3.8, 4) is 0 Å². The van der Waals surface area contributed by atoms with Gasteiger partial charge in [0.2, 0.25) is 0 Å². The zero-order chi connectivity index (χ0) is 11.5. The van der Waals surface area contributed by atoms with Gasteiger partial charge in [-0.3, -0.25) is 9.67 Å². The van der Waals surface area contributed by atoms with E-state index in [0.717, 1.165) is 17.1 Å². The minimum Gasteiger partial charge on any atom is -0.374 e. The largest absolute Gasteiger partial charge is 0.374 e. The number of hydrogen-bond acceptors (Lipinski definition) is 3. The molecule has 0 saturated carbocycles. The summed E-state index contributed by atoms with van der Waals surface area (Å²) in [7, 11) is 1.94. The predicted molar refractivity (Wildman–Crippen MR) is 64.2 cm³/mol. The van der Waals surface area contributed by atoms with E-state index >= 15 is 0 Å². The first-order valence-electron chi connectivity index (χ1n) is 5.34. The van der Waals surface area contributed by atoms with E-state index in [-0.39, 0.29) is 6.04 Å². The Labute approximate surface area is 95.3 Å². The fourth-order valence-electron chi connectivity index (χ4n) is 1.58. The van der Waals surface area contributed by atoms with E-state index < -0.39 is 0 Å². The second-order valence-corrected chi connectivity index (χ2v) is 3.89. The molecule has 0 radical (unpaired) electrons. The Morgan fingerprint density at radius 1 is 1.38 bits per heavy atom. The zero-order valence-electron chi connectivity index (χ0n) is 9.81. The molecule has 4 heteroatoms. The van der Waals surface area contributed by atoms with E-state index in [0.29, 0.717) is 0 Å². The van der Waals surface area contributed by atoms with Crippen molar-refractivity contribution in [2.45, 2.75) is 19.9 Å². The van der Waals surface area contributed by atoms with Gasteiger partial charge in [-0.1, -0.05) is 6.07 Å². The number of pyridine rings is 1. The zero-order valence-corrected chi connectivity index (χ0v) is 9.81. The van der Waals surface area contributed by atoms with Crippen LogP contribution in [0.5, 0.6) is 0 Å². The Morgan fingerprint density at radius 3 is 2.75 bits per heavy atom. The molecular formula is C12H16N4. The fourth-order valence-corrected chi connectivity index (χ4v) is 1.58. The maximum absolute atomic E-state index is 4.32.